The Hall–Kier alpha value is -3.22. The van der Waals surface area contributed by atoms with Crippen molar-refractivity contribution in [2.45, 2.75) is 12.8 Å². The molecule has 0 spiro atoms. The van der Waals surface area contributed by atoms with Crippen LogP contribution < -0.4 is 10.6 Å². The van der Waals surface area contributed by atoms with Gasteiger partial charge < -0.3 is 12.8 Å². The summed E-state index contributed by atoms with van der Waals surface area (Å²) >= 11 is 0. The molecule has 0 N–H and O–H groups in total. The summed E-state index contributed by atoms with van der Waals surface area (Å²) in [6, 6.07) is 51.2. The normalized spacial score (nSPS) is 12.1. The van der Waals surface area contributed by atoms with Crippen LogP contribution in [0.2, 0.25) is 0 Å². The molecule has 2 atom stereocenters. The van der Waals surface area contributed by atoms with Gasteiger partial charge in [0.25, 0.3) is 0 Å². The van der Waals surface area contributed by atoms with Crippen LogP contribution in [0.15, 0.2) is 146 Å². The molecule has 8 rings (SSSR count). The Morgan fingerprint density at radius 2 is 0.780 bits per heavy atom. The van der Waals surface area contributed by atoms with Gasteiger partial charge in [-0.2, -0.15) is 0 Å². The van der Waals surface area contributed by atoms with Gasteiger partial charge in [0, 0.05) is 15.8 Å². The summed E-state index contributed by atoms with van der Waals surface area (Å²) in [7, 11) is -0.688. The number of hydrogen-bond acceptors (Lipinski definition) is 0. The van der Waals surface area contributed by atoms with Crippen LogP contribution in [0, 0.1) is 24.7 Å². The van der Waals surface area contributed by atoms with E-state index in [4.69, 9.17) is 12.8 Å². The first-order chi connectivity index (χ1) is 23.5. The standard InChI is InChI=1S/C16H20P2.2C15H9.2Au/c1-17(15-9-5-3-6-10-15)13-14-18(2)16-11-7-4-8-12-16;2*1-2-11-7-8-13-10-12-5-3-4-6-14(12)15(13)9-11;;/h3-12H,13-14H2,1-2H3;2*3-9H,10H2;;/q;2*-1;2*+1/p+2. The van der Waals surface area contributed by atoms with Crippen molar-refractivity contribution >= 4 is 26.5 Å². The summed E-state index contributed by atoms with van der Waals surface area (Å²) in [5, 5.41) is 3.15. The summed E-state index contributed by atoms with van der Waals surface area (Å²) in [6.07, 6.45) is 19.1. The molecule has 50 heavy (non-hydrogen) atoms. The quantitative estimate of drug-likeness (QED) is 0.0698. The van der Waals surface area contributed by atoms with Crippen molar-refractivity contribution in [3.8, 4) is 34.1 Å². The van der Waals surface area contributed by atoms with Crippen LogP contribution >= 0.6 is 15.8 Å². The predicted molar refractivity (Wildman–Crippen MR) is 212 cm³/mol. The van der Waals surface area contributed by atoms with E-state index in [-0.39, 0.29) is 60.6 Å². The Labute approximate surface area is 333 Å². The first kappa shape index (κ1) is 39.6. The van der Waals surface area contributed by atoms with Gasteiger partial charge in [0.05, 0.1) is 36.3 Å². The maximum absolute atomic E-state index is 7.14. The Kier molecular flexibility index (Phi) is 15.4. The molecule has 0 saturated heterocycles. The first-order valence-corrected chi connectivity index (χ1v) is 21.0. The van der Waals surface area contributed by atoms with Crippen molar-refractivity contribution in [1.29, 1.82) is 0 Å². The molecule has 0 saturated carbocycles. The van der Waals surface area contributed by atoms with Crippen LogP contribution in [-0.4, -0.2) is 25.7 Å². The summed E-state index contributed by atoms with van der Waals surface area (Å²) in [5.74, 6) is 4.87. The summed E-state index contributed by atoms with van der Waals surface area (Å²) in [6.45, 7) is 4.89. The van der Waals surface area contributed by atoms with E-state index in [2.05, 4.69) is 146 Å². The SMILES string of the molecule is C[PH+](CC[PH+](C)c1ccccc1)c1ccccc1.[Au+].[Au+].[C-]#Cc1ccc2c(c1)-c1ccccc1C2.[C-]#Cc1ccc2c(c1)-c1ccccc1C2. The van der Waals surface area contributed by atoms with E-state index in [1.54, 1.807) is 10.6 Å². The smallest absolute Gasteiger partial charge is 0.366 e. The molecular weight excluding hydrogens is 1010 g/mol. The van der Waals surface area contributed by atoms with Gasteiger partial charge in [0.2, 0.25) is 0 Å². The van der Waals surface area contributed by atoms with Crippen molar-refractivity contribution in [1.82, 2.24) is 0 Å². The Bertz CT molecular complexity index is 1940. The number of hydrogen-bond donors (Lipinski definition) is 0. The van der Waals surface area contributed by atoms with E-state index < -0.39 is 0 Å². The fourth-order valence-electron chi connectivity index (χ4n) is 6.51. The molecule has 0 bridgehead atoms. The zero-order chi connectivity index (χ0) is 33.3. The van der Waals surface area contributed by atoms with Crippen molar-refractivity contribution < 1.29 is 44.8 Å². The van der Waals surface area contributed by atoms with Crippen molar-refractivity contribution in [3.05, 3.63) is 192 Å². The third-order valence-electron chi connectivity index (χ3n) is 9.29. The van der Waals surface area contributed by atoms with Gasteiger partial charge in [-0.15, -0.1) is 35.4 Å². The molecule has 0 aliphatic heterocycles. The average Bonchev–Trinajstić information content (AvgIpc) is 3.72. The molecule has 4 heteroatoms. The number of fused-ring (bicyclic) bond motifs is 6. The third kappa shape index (κ3) is 9.76. The minimum absolute atomic E-state index is 0. The second-order valence-electron chi connectivity index (χ2n) is 12.5. The van der Waals surface area contributed by atoms with Gasteiger partial charge in [-0.3, -0.25) is 11.8 Å². The number of benzene rings is 6. The molecule has 0 radical (unpaired) electrons. The second kappa shape index (κ2) is 19.4. The Morgan fingerprint density at radius 3 is 1.16 bits per heavy atom. The van der Waals surface area contributed by atoms with Crippen LogP contribution in [0.4, 0.5) is 0 Å². The van der Waals surface area contributed by atoms with Crippen LogP contribution in [0.5, 0.6) is 0 Å². The molecule has 0 fully saturated rings. The molecule has 0 aromatic heterocycles. The van der Waals surface area contributed by atoms with E-state index in [1.165, 1.54) is 56.8 Å². The van der Waals surface area contributed by atoms with Crippen molar-refractivity contribution in [3.63, 3.8) is 0 Å². The van der Waals surface area contributed by atoms with Crippen molar-refractivity contribution in [2.24, 2.45) is 0 Å². The third-order valence-corrected chi connectivity index (χ3v) is 14.4. The fourth-order valence-corrected chi connectivity index (χ4v) is 11.6. The summed E-state index contributed by atoms with van der Waals surface area (Å²) in [5.41, 5.74) is 12.3. The first-order valence-electron chi connectivity index (χ1n) is 16.6. The maximum atomic E-state index is 7.14. The fraction of sp³-hybridized carbons (Fsp3) is 0.130. The molecule has 2 aliphatic rings. The van der Waals surface area contributed by atoms with Crippen LogP contribution in [0.1, 0.15) is 33.4 Å². The Balaban J connectivity index is 0.000000166. The van der Waals surface area contributed by atoms with Crippen LogP contribution in [-0.2, 0) is 57.6 Å². The van der Waals surface area contributed by atoms with E-state index in [0.29, 0.717) is 0 Å². The Morgan fingerprint density at radius 1 is 0.440 bits per heavy atom. The minimum Gasteiger partial charge on any atom is -0.366 e. The molecule has 0 heterocycles. The molecule has 2 unspecified atom stereocenters. The summed E-state index contributed by atoms with van der Waals surface area (Å²) in [4.78, 5) is 0. The van der Waals surface area contributed by atoms with Gasteiger partial charge >= 0.3 is 44.8 Å². The van der Waals surface area contributed by atoms with Crippen molar-refractivity contribution in [2.75, 3.05) is 25.7 Å². The average molecular weight is 1050 g/mol. The van der Waals surface area contributed by atoms with Crippen LogP contribution in [0.3, 0.4) is 0 Å². The molecule has 2 aliphatic carbocycles. The molecule has 6 aromatic carbocycles. The zero-order valence-corrected chi connectivity index (χ0v) is 34.6. The van der Waals surface area contributed by atoms with E-state index in [9.17, 15) is 0 Å². The molecule has 6 aromatic rings. The van der Waals surface area contributed by atoms with Gasteiger partial charge in [0.1, 0.15) is 0 Å². The molecule has 0 nitrogen and oxygen atoms in total. The molecule has 254 valence electrons. The van der Waals surface area contributed by atoms with Gasteiger partial charge in [-0.1, -0.05) is 97.1 Å². The van der Waals surface area contributed by atoms with E-state index in [0.717, 1.165) is 24.0 Å². The van der Waals surface area contributed by atoms with Gasteiger partial charge in [0.15, 0.2) is 0 Å². The zero-order valence-electron chi connectivity index (χ0n) is 28.3. The van der Waals surface area contributed by atoms with Gasteiger partial charge in [-0.25, -0.2) is 0 Å². The van der Waals surface area contributed by atoms with E-state index in [1.807, 2.05) is 24.3 Å². The summed E-state index contributed by atoms with van der Waals surface area (Å²) < 4.78 is 0. The maximum Gasteiger partial charge on any atom is 1.00 e. The molecular formula is C46H40Au2P2+2. The second-order valence-corrected chi connectivity index (χ2v) is 17.7. The number of rotatable bonds is 5. The monoisotopic (exact) mass is 1050 g/mol. The minimum atomic E-state index is -0.344. The van der Waals surface area contributed by atoms with Crippen LogP contribution in [0.25, 0.3) is 22.3 Å². The largest absolute Gasteiger partial charge is 1.00 e. The van der Waals surface area contributed by atoms with Gasteiger partial charge in [-0.05, 0) is 81.6 Å². The van der Waals surface area contributed by atoms with E-state index >= 15 is 0 Å². The topological polar surface area (TPSA) is 0 Å². The predicted octanol–water partition coefficient (Wildman–Crippen LogP) is 9.71. The molecule has 0 amide bonds.